The van der Waals surface area contributed by atoms with Gasteiger partial charge in [0.05, 0.1) is 4.92 Å². The number of rotatable bonds is 4. The van der Waals surface area contributed by atoms with E-state index in [1.165, 1.54) is 12.1 Å². The predicted molar refractivity (Wildman–Crippen MR) is 64.5 cm³/mol. The minimum absolute atomic E-state index is 0.391. The number of hydrogen-bond acceptors (Lipinski definition) is 3. The Hall–Kier alpha value is -2.21. The third-order valence-corrected chi connectivity index (χ3v) is 2.69. The molecule has 0 spiro atoms. The first-order chi connectivity index (χ1) is 8.61. The Balaban J connectivity index is 2.25. The van der Waals surface area contributed by atoms with Gasteiger partial charge in [-0.05, 0) is 23.8 Å². The zero-order chi connectivity index (χ0) is 13.1. The number of nitrogens with two attached hydrogens (primary N) is 1. The summed E-state index contributed by atoms with van der Waals surface area (Å²) >= 11 is 0. The fourth-order valence-corrected chi connectivity index (χ4v) is 1.78. The Morgan fingerprint density at radius 1 is 1.39 bits per heavy atom. The molecule has 0 aliphatic heterocycles. The van der Waals surface area contributed by atoms with Crippen molar-refractivity contribution in [3.8, 4) is 0 Å². The Bertz CT molecular complexity index is 580. The van der Waals surface area contributed by atoms with Crippen LogP contribution in [0.15, 0.2) is 36.5 Å². The van der Waals surface area contributed by atoms with Gasteiger partial charge in [0.2, 0.25) is 5.82 Å². The van der Waals surface area contributed by atoms with E-state index in [1.807, 2.05) is 22.9 Å². The fraction of sp³-hybridized carbons (Fsp3) is 0.167. The molecular weight excluding hydrogens is 237 g/mol. The molecule has 0 bridgehead atoms. The molecule has 1 aromatic carbocycles. The summed E-state index contributed by atoms with van der Waals surface area (Å²) in [6, 6.07) is 7.63. The zero-order valence-electron chi connectivity index (χ0n) is 9.54. The molecule has 0 amide bonds. The van der Waals surface area contributed by atoms with Gasteiger partial charge in [-0.3, -0.25) is 10.1 Å². The molecule has 0 unspecified atom stereocenters. The third kappa shape index (κ3) is 2.38. The van der Waals surface area contributed by atoms with Gasteiger partial charge >= 0.3 is 5.69 Å². The maximum absolute atomic E-state index is 13.4. The summed E-state index contributed by atoms with van der Waals surface area (Å²) in [7, 11) is 0. The summed E-state index contributed by atoms with van der Waals surface area (Å²) in [5.74, 6) is -0.820. The molecule has 0 saturated carbocycles. The van der Waals surface area contributed by atoms with Crippen LogP contribution in [-0.2, 0) is 13.1 Å². The molecule has 0 aliphatic rings. The number of aromatic nitrogens is 1. The number of nitro groups is 1. The summed E-state index contributed by atoms with van der Waals surface area (Å²) in [5, 5.41) is 10.5. The molecule has 5 nitrogen and oxygen atoms in total. The molecule has 2 N–H and O–H groups in total. The average molecular weight is 249 g/mol. The van der Waals surface area contributed by atoms with Crippen LogP contribution in [0.3, 0.4) is 0 Å². The lowest BCUT2D eigenvalue weighted by molar-refractivity contribution is -0.387. The molecule has 0 atom stereocenters. The molecule has 0 aliphatic carbocycles. The summed E-state index contributed by atoms with van der Waals surface area (Å²) in [4.78, 5) is 9.76. The topological polar surface area (TPSA) is 74.1 Å². The minimum atomic E-state index is -0.820. The second-order valence-corrected chi connectivity index (χ2v) is 3.87. The first-order valence-electron chi connectivity index (χ1n) is 5.38. The van der Waals surface area contributed by atoms with Gasteiger partial charge in [0, 0.05) is 31.0 Å². The maximum Gasteiger partial charge on any atom is 0.304 e. The predicted octanol–water partition coefficient (Wildman–Crippen LogP) is 2.04. The van der Waals surface area contributed by atoms with Crippen LogP contribution in [0.2, 0.25) is 0 Å². The number of halogens is 1. The third-order valence-electron chi connectivity index (χ3n) is 2.69. The van der Waals surface area contributed by atoms with E-state index >= 15 is 0 Å². The van der Waals surface area contributed by atoms with Crippen LogP contribution in [0.25, 0.3) is 0 Å². The smallest absolute Gasteiger partial charge is 0.304 e. The lowest BCUT2D eigenvalue weighted by Crippen LogP contribution is -2.07. The Labute approximate surface area is 103 Å². The lowest BCUT2D eigenvalue weighted by atomic mass is 10.2. The Kier molecular flexibility index (Phi) is 3.38. The first-order valence-corrected chi connectivity index (χ1v) is 5.38. The van der Waals surface area contributed by atoms with E-state index in [-0.39, 0.29) is 0 Å². The van der Waals surface area contributed by atoms with Gasteiger partial charge in [-0.15, -0.1) is 0 Å². The molecule has 94 valence electrons. The van der Waals surface area contributed by atoms with Gasteiger partial charge in [0.25, 0.3) is 0 Å². The Morgan fingerprint density at radius 3 is 2.78 bits per heavy atom. The van der Waals surface area contributed by atoms with Gasteiger partial charge in [-0.2, -0.15) is 4.39 Å². The first kappa shape index (κ1) is 12.3. The Morgan fingerprint density at radius 2 is 2.17 bits per heavy atom. The summed E-state index contributed by atoms with van der Waals surface area (Å²) in [5.41, 5.74) is 6.63. The normalized spacial score (nSPS) is 10.6. The molecule has 1 aromatic heterocycles. The van der Waals surface area contributed by atoms with Crippen molar-refractivity contribution >= 4 is 5.69 Å². The minimum Gasteiger partial charge on any atom is -0.346 e. The summed E-state index contributed by atoms with van der Waals surface area (Å²) < 4.78 is 15.3. The number of hydrogen-bond donors (Lipinski definition) is 1. The molecule has 2 rings (SSSR count). The summed E-state index contributed by atoms with van der Waals surface area (Å²) in [6.07, 6.45) is 1.83. The highest BCUT2D eigenvalue weighted by atomic mass is 19.1. The van der Waals surface area contributed by atoms with Crippen molar-refractivity contribution in [2.24, 2.45) is 5.73 Å². The number of nitrogens with zero attached hydrogens (tertiary/aromatic N) is 2. The van der Waals surface area contributed by atoms with Gasteiger partial charge in [0.15, 0.2) is 0 Å². The van der Waals surface area contributed by atoms with Gasteiger partial charge in [-0.1, -0.05) is 6.07 Å². The van der Waals surface area contributed by atoms with Gasteiger partial charge in [0.1, 0.15) is 0 Å². The highest BCUT2D eigenvalue weighted by Crippen LogP contribution is 2.19. The number of benzene rings is 1. The second-order valence-electron chi connectivity index (χ2n) is 3.87. The zero-order valence-corrected chi connectivity index (χ0v) is 9.54. The molecule has 2 aromatic rings. The largest absolute Gasteiger partial charge is 0.346 e. The van der Waals surface area contributed by atoms with E-state index in [0.717, 1.165) is 5.69 Å². The van der Waals surface area contributed by atoms with E-state index in [0.29, 0.717) is 18.7 Å². The average Bonchev–Trinajstić information content (AvgIpc) is 2.76. The molecule has 0 saturated heterocycles. The molecule has 0 fully saturated rings. The van der Waals surface area contributed by atoms with E-state index in [1.54, 1.807) is 6.07 Å². The monoisotopic (exact) mass is 249 g/mol. The van der Waals surface area contributed by atoms with Crippen LogP contribution in [0.1, 0.15) is 11.3 Å². The van der Waals surface area contributed by atoms with Crippen molar-refractivity contribution in [2.75, 3.05) is 0 Å². The highest BCUT2D eigenvalue weighted by molar-refractivity contribution is 5.35. The molecule has 0 radical (unpaired) electrons. The van der Waals surface area contributed by atoms with Gasteiger partial charge in [-0.25, -0.2) is 0 Å². The quantitative estimate of drug-likeness (QED) is 0.665. The highest BCUT2D eigenvalue weighted by Gasteiger charge is 2.13. The van der Waals surface area contributed by atoms with Crippen LogP contribution in [0.5, 0.6) is 0 Å². The van der Waals surface area contributed by atoms with Crippen molar-refractivity contribution in [3.05, 3.63) is 63.7 Å². The fourth-order valence-electron chi connectivity index (χ4n) is 1.78. The van der Waals surface area contributed by atoms with E-state index < -0.39 is 16.4 Å². The van der Waals surface area contributed by atoms with Crippen molar-refractivity contribution < 1.29 is 9.31 Å². The van der Waals surface area contributed by atoms with Crippen LogP contribution in [-0.4, -0.2) is 9.49 Å². The van der Waals surface area contributed by atoms with Crippen molar-refractivity contribution in [1.82, 2.24) is 4.57 Å². The van der Waals surface area contributed by atoms with Gasteiger partial charge < -0.3 is 10.3 Å². The van der Waals surface area contributed by atoms with Crippen LogP contribution in [0.4, 0.5) is 10.1 Å². The van der Waals surface area contributed by atoms with Crippen LogP contribution >= 0.6 is 0 Å². The second kappa shape index (κ2) is 4.97. The number of nitro benzene ring substituents is 1. The lowest BCUT2D eigenvalue weighted by Gasteiger charge is -2.07. The van der Waals surface area contributed by atoms with Crippen molar-refractivity contribution in [3.63, 3.8) is 0 Å². The van der Waals surface area contributed by atoms with Crippen LogP contribution < -0.4 is 5.73 Å². The standard InChI is InChI=1S/C12H12FN3O2/c13-11-6-9(3-4-12(11)16(17)18)8-15-5-1-2-10(15)7-14/h1-6H,7-8,14H2. The molecule has 1 heterocycles. The molecule has 6 heteroatoms. The summed E-state index contributed by atoms with van der Waals surface area (Å²) in [6.45, 7) is 0.830. The molecular formula is C12H12FN3O2. The van der Waals surface area contributed by atoms with E-state index in [4.69, 9.17) is 5.73 Å². The molecule has 18 heavy (non-hydrogen) atoms. The maximum atomic E-state index is 13.4. The van der Waals surface area contributed by atoms with Crippen LogP contribution in [0, 0.1) is 15.9 Å². The SMILES string of the molecule is NCc1cccn1Cc1ccc([N+](=O)[O-])c(F)c1. The van der Waals surface area contributed by atoms with Crippen molar-refractivity contribution in [2.45, 2.75) is 13.1 Å². The van der Waals surface area contributed by atoms with E-state index in [9.17, 15) is 14.5 Å². The van der Waals surface area contributed by atoms with E-state index in [2.05, 4.69) is 0 Å². The van der Waals surface area contributed by atoms with Crippen molar-refractivity contribution in [1.29, 1.82) is 0 Å².